The van der Waals surface area contributed by atoms with E-state index in [9.17, 15) is 0 Å². The van der Waals surface area contributed by atoms with E-state index >= 15 is 0 Å². The maximum absolute atomic E-state index is 5.75. The van der Waals surface area contributed by atoms with Crippen LogP contribution in [0, 0.1) is 0 Å². The Morgan fingerprint density at radius 1 is 1.41 bits per heavy atom. The fraction of sp³-hybridized carbons (Fsp3) is 1.00. The molecule has 2 rings (SSSR count). The van der Waals surface area contributed by atoms with Crippen molar-refractivity contribution < 1.29 is 4.74 Å². The second kappa shape index (κ2) is 6.69. The summed E-state index contributed by atoms with van der Waals surface area (Å²) >= 11 is 0. The Morgan fingerprint density at radius 3 is 3.00 bits per heavy atom. The van der Waals surface area contributed by atoms with Gasteiger partial charge in [0.1, 0.15) is 0 Å². The van der Waals surface area contributed by atoms with Crippen LogP contribution in [0.3, 0.4) is 0 Å². The first-order chi connectivity index (χ1) is 8.29. The van der Waals surface area contributed by atoms with Gasteiger partial charge in [-0.3, -0.25) is 4.90 Å². The molecule has 2 fully saturated rings. The topological polar surface area (TPSA) is 27.7 Å². The number of ether oxygens (including phenoxy) is 1. The van der Waals surface area contributed by atoms with Crippen molar-refractivity contribution in [3.63, 3.8) is 0 Å². The van der Waals surface area contributed by atoms with Gasteiger partial charge in [-0.2, -0.15) is 0 Å². The zero-order valence-electron chi connectivity index (χ0n) is 11.3. The smallest absolute Gasteiger partial charge is 0.0826 e. The van der Waals surface area contributed by atoms with E-state index in [2.05, 4.69) is 29.1 Å². The minimum absolute atomic E-state index is 0.380. The Labute approximate surface area is 105 Å². The third kappa shape index (κ3) is 3.91. The van der Waals surface area contributed by atoms with Crippen molar-refractivity contribution in [2.45, 2.75) is 31.9 Å². The summed E-state index contributed by atoms with van der Waals surface area (Å²) in [7, 11) is 2.23. The predicted molar refractivity (Wildman–Crippen MR) is 70.4 cm³/mol. The second-order valence-electron chi connectivity index (χ2n) is 5.34. The van der Waals surface area contributed by atoms with Crippen molar-refractivity contribution in [2.75, 3.05) is 52.9 Å². The van der Waals surface area contributed by atoms with Gasteiger partial charge in [0, 0.05) is 32.2 Å². The van der Waals surface area contributed by atoms with Crippen LogP contribution in [-0.4, -0.2) is 74.9 Å². The predicted octanol–water partition coefficient (Wildman–Crippen LogP) is 0.391. The number of likely N-dealkylation sites (tertiary alicyclic amines) is 1. The fourth-order valence-electron chi connectivity index (χ4n) is 3.04. The van der Waals surface area contributed by atoms with Gasteiger partial charge in [0.2, 0.25) is 0 Å². The highest BCUT2D eigenvalue weighted by Crippen LogP contribution is 2.17. The molecule has 2 aliphatic rings. The van der Waals surface area contributed by atoms with E-state index in [-0.39, 0.29) is 0 Å². The van der Waals surface area contributed by atoms with Gasteiger partial charge in [-0.05, 0) is 33.0 Å². The molecule has 0 aromatic carbocycles. The van der Waals surface area contributed by atoms with E-state index in [1.807, 2.05) is 0 Å². The fourth-order valence-corrected chi connectivity index (χ4v) is 3.04. The lowest BCUT2D eigenvalue weighted by Crippen LogP contribution is -2.47. The Balaban J connectivity index is 1.70. The quantitative estimate of drug-likeness (QED) is 0.754. The molecular weight excluding hydrogens is 214 g/mol. The molecule has 17 heavy (non-hydrogen) atoms. The van der Waals surface area contributed by atoms with E-state index in [1.165, 1.54) is 32.5 Å². The summed E-state index contributed by atoms with van der Waals surface area (Å²) in [6, 6.07) is 0.765. The highest BCUT2D eigenvalue weighted by molar-refractivity contribution is 4.81. The molecule has 2 aliphatic heterocycles. The maximum atomic E-state index is 5.75. The van der Waals surface area contributed by atoms with E-state index in [0.29, 0.717) is 6.10 Å². The first-order valence-electron chi connectivity index (χ1n) is 7.04. The van der Waals surface area contributed by atoms with E-state index in [0.717, 1.165) is 32.3 Å². The second-order valence-corrected chi connectivity index (χ2v) is 5.34. The Kier molecular flexibility index (Phi) is 5.22. The lowest BCUT2D eigenvalue weighted by molar-refractivity contribution is 0.00688. The highest BCUT2D eigenvalue weighted by atomic mass is 16.5. The van der Waals surface area contributed by atoms with Crippen LogP contribution in [0.25, 0.3) is 0 Å². The minimum atomic E-state index is 0.380. The zero-order valence-corrected chi connectivity index (χ0v) is 11.3. The van der Waals surface area contributed by atoms with Crippen LogP contribution < -0.4 is 5.32 Å². The number of nitrogens with zero attached hydrogens (tertiary/aromatic N) is 2. The molecule has 2 heterocycles. The van der Waals surface area contributed by atoms with Gasteiger partial charge in [-0.1, -0.05) is 6.92 Å². The molecular formula is C13H27N3O. The van der Waals surface area contributed by atoms with Gasteiger partial charge in [0.05, 0.1) is 12.7 Å². The van der Waals surface area contributed by atoms with E-state index in [4.69, 9.17) is 4.74 Å². The van der Waals surface area contributed by atoms with Crippen molar-refractivity contribution in [3.05, 3.63) is 0 Å². The Morgan fingerprint density at radius 2 is 2.29 bits per heavy atom. The summed E-state index contributed by atoms with van der Waals surface area (Å²) in [5, 5.41) is 3.39. The average Bonchev–Trinajstić information content (AvgIpc) is 2.77. The minimum Gasteiger partial charge on any atom is -0.374 e. The van der Waals surface area contributed by atoms with Gasteiger partial charge in [0.25, 0.3) is 0 Å². The normalized spacial score (nSPS) is 31.2. The van der Waals surface area contributed by atoms with Gasteiger partial charge < -0.3 is 15.0 Å². The molecule has 0 bridgehead atoms. The van der Waals surface area contributed by atoms with Crippen molar-refractivity contribution in [1.29, 1.82) is 0 Å². The van der Waals surface area contributed by atoms with Crippen LogP contribution in [0.4, 0.5) is 0 Å². The SMILES string of the molecule is CCN1CCCC1CN(C)CC1CNCCO1. The highest BCUT2D eigenvalue weighted by Gasteiger charge is 2.25. The molecule has 0 saturated carbocycles. The summed E-state index contributed by atoms with van der Waals surface area (Å²) in [5.41, 5.74) is 0. The largest absolute Gasteiger partial charge is 0.374 e. The lowest BCUT2D eigenvalue weighted by Gasteiger charge is -2.31. The first kappa shape index (κ1) is 13.3. The van der Waals surface area contributed by atoms with Crippen LogP contribution in [0.1, 0.15) is 19.8 Å². The molecule has 0 spiro atoms. The number of rotatable bonds is 5. The number of hydrogen-bond donors (Lipinski definition) is 1. The molecule has 0 amide bonds. The van der Waals surface area contributed by atoms with Gasteiger partial charge in [-0.15, -0.1) is 0 Å². The average molecular weight is 241 g/mol. The molecule has 0 aliphatic carbocycles. The van der Waals surface area contributed by atoms with Crippen LogP contribution in [0.15, 0.2) is 0 Å². The number of hydrogen-bond acceptors (Lipinski definition) is 4. The van der Waals surface area contributed by atoms with Crippen LogP contribution in [-0.2, 0) is 4.74 Å². The molecule has 2 atom stereocenters. The summed E-state index contributed by atoms with van der Waals surface area (Å²) in [5.74, 6) is 0. The van der Waals surface area contributed by atoms with E-state index < -0.39 is 0 Å². The van der Waals surface area contributed by atoms with Gasteiger partial charge in [-0.25, -0.2) is 0 Å². The van der Waals surface area contributed by atoms with Crippen molar-refractivity contribution in [3.8, 4) is 0 Å². The zero-order chi connectivity index (χ0) is 12.1. The Bertz CT molecular complexity index is 219. The summed E-state index contributed by atoms with van der Waals surface area (Å²) in [4.78, 5) is 5.05. The molecule has 2 saturated heterocycles. The summed E-state index contributed by atoms with van der Waals surface area (Å²) in [6.07, 6.45) is 3.11. The lowest BCUT2D eigenvalue weighted by atomic mass is 10.2. The summed E-state index contributed by atoms with van der Waals surface area (Å²) in [6.45, 7) is 9.87. The maximum Gasteiger partial charge on any atom is 0.0826 e. The van der Waals surface area contributed by atoms with Crippen molar-refractivity contribution >= 4 is 0 Å². The third-order valence-electron chi connectivity index (χ3n) is 3.95. The third-order valence-corrected chi connectivity index (χ3v) is 3.95. The van der Waals surface area contributed by atoms with Gasteiger partial charge in [0.15, 0.2) is 0 Å². The number of likely N-dealkylation sites (N-methyl/N-ethyl adjacent to an activating group) is 2. The monoisotopic (exact) mass is 241 g/mol. The van der Waals surface area contributed by atoms with Crippen molar-refractivity contribution in [1.82, 2.24) is 15.1 Å². The first-order valence-corrected chi connectivity index (χ1v) is 7.04. The molecule has 4 heteroatoms. The molecule has 0 radical (unpaired) electrons. The molecule has 100 valence electrons. The molecule has 0 aromatic rings. The molecule has 1 N–H and O–H groups in total. The van der Waals surface area contributed by atoms with Crippen LogP contribution in [0.2, 0.25) is 0 Å². The molecule has 2 unspecified atom stereocenters. The van der Waals surface area contributed by atoms with Gasteiger partial charge >= 0.3 is 0 Å². The van der Waals surface area contributed by atoms with Crippen LogP contribution in [0.5, 0.6) is 0 Å². The molecule has 4 nitrogen and oxygen atoms in total. The standard InChI is InChI=1S/C13H27N3O/c1-3-16-7-4-5-12(16)10-15(2)11-13-9-14-6-8-17-13/h12-14H,3-11H2,1-2H3. The van der Waals surface area contributed by atoms with Crippen LogP contribution >= 0.6 is 0 Å². The van der Waals surface area contributed by atoms with E-state index in [1.54, 1.807) is 0 Å². The number of nitrogens with one attached hydrogen (secondary N) is 1. The number of morpholine rings is 1. The summed E-state index contributed by atoms with van der Waals surface area (Å²) < 4.78 is 5.75. The van der Waals surface area contributed by atoms with Crippen molar-refractivity contribution in [2.24, 2.45) is 0 Å². The Hall–Kier alpha value is -0.160. The molecule has 0 aromatic heterocycles.